The summed E-state index contributed by atoms with van der Waals surface area (Å²) >= 11 is 0. The van der Waals surface area contributed by atoms with Crippen molar-refractivity contribution in [2.75, 3.05) is 6.73 Å². The molecule has 166 valence electrons. The van der Waals surface area contributed by atoms with Crippen molar-refractivity contribution < 1.29 is 28.7 Å². The first-order chi connectivity index (χ1) is 14.5. The lowest BCUT2D eigenvalue weighted by atomic mass is 9.98. The molecule has 0 saturated carbocycles. The summed E-state index contributed by atoms with van der Waals surface area (Å²) in [6, 6.07) is 3.03. The molecule has 0 radical (unpaired) electrons. The highest BCUT2D eigenvalue weighted by atomic mass is 16.5. The monoisotopic (exact) mass is 429 g/mol. The van der Waals surface area contributed by atoms with Crippen LogP contribution in [0.5, 0.6) is 0 Å². The number of likely N-dealkylation sites (tertiary alicyclic amines) is 1. The van der Waals surface area contributed by atoms with Gasteiger partial charge in [-0.2, -0.15) is 0 Å². The number of nitrogens with zero attached hydrogens (tertiary/aromatic N) is 2. The number of imide groups is 2. The average molecular weight is 429 g/mol. The van der Waals surface area contributed by atoms with Crippen LogP contribution in [0, 0.1) is 5.92 Å². The van der Waals surface area contributed by atoms with E-state index in [9.17, 15) is 24.0 Å². The molecule has 9 nitrogen and oxygen atoms in total. The first kappa shape index (κ1) is 22.6. The van der Waals surface area contributed by atoms with Crippen LogP contribution in [0.1, 0.15) is 72.7 Å². The number of hydrogen-bond acceptors (Lipinski definition) is 7. The van der Waals surface area contributed by atoms with Gasteiger partial charge in [0.15, 0.2) is 6.73 Å². The van der Waals surface area contributed by atoms with E-state index in [2.05, 4.69) is 0 Å². The Morgan fingerprint density at radius 3 is 2.35 bits per heavy atom. The minimum atomic E-state index is -1.13. The van der Waals surface area contributed by atoms with Crippen molar-refractivity contribution in [1.29, 1.82) is 0 Å². The third-order valence-corrected chi connectivity index (χ3v) is 5.73. The minimum Gasteiger partial charge on any atom is -0.443 e. The van der Waals surface area contributed by atoms with E-state index in [4.69, 9.17) is 10.5 Å². The minimum absolute atomic E-state index is 0.0239. The van der Waals surface area contributed by atoms with Gasteiger partial charge in [0.05, 0.1) is 11.1 Å². The van der Waals surface area contributed by atoms with Crippen molar-refractivity contribution in [3.8, 4) is 0 Å². The van der Waals surface area contributed by atoms with Gasteiger partial charge in [-0.15, -0.1) is 0 Å². The first-order valence-corrected chi connectivity index (χ1v) is 10.3. The summed E-state index contributed by atoms with van der Waals surface area (Å²) in [6.45, 7) is 6.83. The predicted molar refractivity (Wildman–Crippen MR) is 110 cm³/mol. The molecule has 2 heterocycles. The number of piperidine rings is 1. The zero-order valence-electron chi connectivity index (χ0n) is 18.1. The summed E-state index contributed by atoms with van der Waals surface area (Å²) < 4.78 is 5.05. The lowest BCUT2D eigenvalue weighted by Gasteiger charge is -2.34. The molecule has 0 spiro atoms. The van der Waals surface area contributed by atoms with E-state index in [-0.39, 0.29) is 35.8 Å². The zero-order valence-corrected chi connectivity index (χ0v) is 18.1. The molecule has 2 N–H and O–H groups in total. The normalized spacial score (nSPS) is 20.0. The molecule has 2 aliphatic rings. The molecule has 2 aliphatic heterocycles. The highest BCUT2D eigenvalue weighted by Crippen LogP contribution is 2.31. The number of amides is 4. The highest BCUT2D eigenvalue weighted by molar-refractivity contribution is 6.23. The van der Waals surface area contributed by atoms with Crippen LogP contribution >= 0.6 is 0 Å². The number of rotatable bonds is 6. The fraction of sp³-hybridized carbons (Fsp3) is 0.500. The van der Waals surface area contributed by atoms with E-state index < -0.39 is 48.4 Å². The summed E-state index contributed by atoms with van der Waals surface area (Å²) in [5.74, 6) is -3.16. The topological polar surface area (TPSA) is 127 Å². The van der Waals surface area contributed by atoms with Crippen LogP contribution in [0.4, 0.5) is 0 Å². The largest absolute Gasteiger partial charge is 0.443 e. The van der Waals surface area contributed by atoms with Gasteiger partial charge in [-0.05, 0) is 36.0 Å². The molecule has 1 aromatic carbocycles. The van der Waals surface area contributed by atoms with Crippen LogP contribution in [0.2, 0.25) is 0 Å². The quantitative estimate of drug-likeness (QED) is 0.535. The molecule has 0 aliphatic carbocycles. The van der Waals surface area contributed by atoms with E-state index in [1.54, 1.807) is 32.0 Å². The van der Waals surface area contributed by atoms with Crippen LogP contribution in [0.25, 0.3) is 0 Å². The standard InChI is InChI=1S/C22H27N3O6/c1-11(2)13-5-6-14-15(9-13)20(28)25(19(14)27)16-7-8-17(26)24(21(16)29)10-31-22(30)18(23)12(3)4/h5-6,9,11-12,16,18H,7-8,10,23H2,1-4H3/t16?,18-/m1/s1. The van der Waals surface area contributed by atoms with E-state index in [0.29, 0.717) is 0 Å². The third-order valence-electron chi connectivity index (χ3n) is 5.73. The molecule has 3 rings (SSSR count). The highest BCUT2D eigenvalue weighted by Gasteiger charge is 2.47. The number of fused-ring (bicyclic) bond motifs is 1. The molecular weight excluding hydrogens is 402 g/mol. The maximum Gasteiger partial charge on any atom is 0.324 e. The van der Waals surface area contributed by atoms with Gasteiger partial charge in [0.1, 0.15) is 12.1 Å². The molecule has 4 amide bonds. The Hall–Kier alpha value is -3.07. The molecular formula is C22H27N3O6. The smallest absolute Gasteiger partial charge is 0.324 e. The van der Waals surface area contributed by atoms with Gasteiger partial charge < -0.3 is 10.5 Å². The van der Waals surface area contributed by atoms with Crippen molar-refractivity contribution in [2.45, 2.75) is 58.5 Å². The Morgan fingerprint density at radius 2 is 1.74 bits per heavy atom. The Bertz CT molecular complexity index is 955. The van der Waals surface area contributed by atoms with Gasteiger partial charge in [-0.25, -0.2) is 4.90 Å². The lowest BCUT2D eigenvalue weighted by molar-refractivity contribution is -0.164. The van der Waals surface area contributed by atoms with Gasteiger partial charge >= 0.3 is 5.97 Å². The number of nitrogens with two attached hydrogens (primary N) is 1. The first-order valence-electron chi connectivity index (χ1n) is 10.3. The number of benzene rings is 1. The fourth-order valence-corrected chi connectivity index (χ4v) is 3.61. The predicted octanol–water partition coefficient (Wildman–Crippen LogP) is 1.41. The van der Waals surface area contributed by atoms with E-state index in [1.165, 1.54) is 0 Å². The Labute approximate surface area is 180 Å². The SMILES string of the molecule is CC(C)c1ccc2c(c1)C(=O)N(C1CCC(=O)N(COC(=O)[C@H](N)C(C)C)C1=O)C2=O. The second-order valence-electron chi connectivity index (χ2n) is 8.52. The summed E-state index contributed by atoms with van der Waals surface area (Å²) in [4.78, 5) is 64.8. The number of esters is 1. The van der Waals surface area contributed by atoms with E-state index in [1.807, 2.05) is 13.8 Å². The molecule has 2 atom stereocenters. The average Bonchev–Trinajstić information content (AvgIpc) is 2.97. The Kier molecular flexibility index (Phi) is 6.26. The number of ether oxygens (including phenoxy) is 1. The molecule has 0 aromatic heterocycles. The third kappa shape index (κ3) is 4.10. The van der Waals surface area contributed by atoms with Gasteiger partial charge in [-0.3, -0.25) is 28.9 Å². The molecule has 31 heavy (non-hydrogen) atoms. The summed E-state index contributed by atoms with van der Waals surface area (Å²) in [7, 11) is 0. The van der Waals surface area contributed by atoms with Gasteiger partial charge in [0.2, 0.25) is 5.91 Å². The van der Waals surface area contributed by atoms with Crippen LogP contribution in [0.3, 0.4) is 0 Å². The second-order valence-corrected chi connectivity index (χ2v) is 8.52. The van der Waals surface area contributed by atoms with Crippen molar-refractivity contribution in [3.63, 3.8) is 0 Å². The van der Waals surface area contributed by atoms with Crippen molar-refractivity contribution in [1.82, 2.24) is 9.80 Å². The van der Waals surface area contributed by atoms with Gasteiger partial charge in [-0.1, -0.05) is 33.8 Å². The molecule has 1 unspecified atom stereocenters. The maximum atomic E-state index is 13.0. The van der Waals surface area contributed by atoms with Crippen LogP contribution in [-0.2, 0) is 19.1 Å². The van der Waals surface area contributed by atoms with Crippen LogP contribution < -0.4 is 5.73 Å². The molecule has 9 heteroatoms. The summed E-state index contributed by atoms with van der Waals surface area (Å²) in [5, 5.41) is 0. The summed E-state index contributed by atoms with van der Waals surface area (Å²) in [5.41, 5.74) is 7.12. The molecule has 1 aromatic rings. The lowest BCUT2D eigenvalue weighted by Crippen LogP contribution is -2.56. The zero-order chi connectivity index (χ0) is 23.0. The number of carbonyl (C=O) groups is 5. The van der Waals surface area contributed by atoms with Gasteiger partial charge in [0.25, 0.3) is 17.7 Å². The van der Waals surface area contributed by atoms with E-state index >= 15 is 0 Å². The van der Waals surface area contributed by atoms with Crippen molar-refractivity contribution >= 4 is 29.6 Å². The molecule has 1 fully saturated rings. The molecule has 1 saturated heterocycles. The summed E-state index contributed by atoms with van der Waals surface area (Å²) in [6.07, 6.45) is -0.0367. The number of hydrogen-bond donors (Lipinski definition) is 1. The molecule has 0 bridgehead atoms. The Balaban J connectivity index is 1.79. The maximum absolute atomic E-state index is 13.0. The van der Waals surface area contributed by atoms with Gasteiger partial charge in [0, 0.05) is 6.42 Å². The fourth-order valence-electron chi connectivity index (χ4n) is 3.61. The van der Waals surface area contributed by atoms with Crippen molar-refractivity contribution in [2.24, 2.45) is 11.7 Å². The van der Waals surface area contributed by atoms with Crippen LogP contribution in [-0.4, -0.2) is 58.2 Å². The van der Waals surface area contributed by atoms with Crippen LogP contribution in [0.15, 0.2) is 18.2 Å². The number of carbonyl (C=O) groups excluding carboxylic acids is 5. The van der Waals surface area contributed by atoms with Crippen molar-refractivity contribution in [3.05, 3.63) is 34.9 Å². The second kappa shape index (κ2) is 8.58. The van der Waals surface area contributed by atoms with E-state index in [0.717, 1.165) is 15.4 Å². The Morgan fingerprint density at radius 1 is 1.10 bits per heavy atom.